The number of aromatic hydroxyl groups is 1. The lowest BCUT2D eigenvalue weighted by atomic mass is 10.0. The van der Waals surface area contributed by atoms with Gasteiger partial charge in [-0.05, 0) is 31.0 Å². The predicted octanol–water partition coefficient (Wildman–Crippen LogP) is 2.27. The van der Waals surface area contributed by atoms with Gasteiger partial charge in [0.25, 0.3) is 0 Å². The Labute approximate surface area is 104 Å². The summed E-state index contributed by atoms with van der Waals surface area (Å²) in [5.41, 5.74) is 7.26. The summed E-state index contributed by atoms with van der Waals surface area (Å²) in [6.07, 6.45) is 0.448. The Bertz CT molecular complexity index is 333. The quantitative estimate of drug-likeness (QED) is 0.801. The lowest BCUT2D eigenvalue weighted by molar-refractivity contribution is 0.275. The number of hydrogen-bond acceptors (Lipinski definition) is 3. The van der Waals surface area contributed by atoms with Crippen LogP contribution in [0.25, 0.3) is 0 Å². The molecule has 0 aliphatic rings. The number of halogens is 2. The maximum Gasteiger partial charge on any atom is 0.123 e. The van der Waals surface area contributed by atoms with Gasteiger partial charge in [-0.2, -0.15) is 0 Å². The Kier molecular flexibility index (Phi) is 6.20. The molecule has 0 bridgehead atoms. The fourth-order valence-corrected chi connectivity index (χ4v) is 1.93. The van der Waals surface area contributed by atoms with E-state index < -0.39 is 0 Å². The monoisotopic (exact) mass is 295 g/mol. The van der Waals surface area contributed by atoms with Crippen molar-refractivity contribution in [3.63, 3.8) is 0 Å². The standard InChI is InChI=1S/C10H14BrNO2.ClH/c1-6-4-7(11)5-8(10(6)14)9(12)2-3-13;/h4-5,9,13-14H,2-3,12H2,1H3;1H/t9-;/m0./s1. The van der Waals surface area contributed by atoms with Crippen molar-refractivity contribution >= 4 is 28.3 Å². The van der Waals surface area contributed by atoms with Crippen LogP contribution in [0.4, 0.5) is 0 Å². The molecule has 0 spiro atoms. The van der Waals surface area contributed by atoms with Crippen LogP contribution in [-0.4, -0.2) is 16.8 Å². The Morgan fingerprint density at radius 1 is 1.47 bits per heavy atom. The Morgan fingerprint density at radius 3 is 2.60 bits per heavy atom. The molecule has 0 radical (unpaired) electrons. The number of hydrogen-bond donors (Lipinski definition) is 3. The molecular formula is C10H15BrClNO2. The molecule has 15 heavy (non-hydrogen) atoms. The van der Waals surface area contributed by atoms with Crippen LogP contribution in [0.15, 0.2) is 16.6 Å². The predicted molar refractivity (Wildman–Crippen MR) is 66.4 cm³/mol. The van der Waals surface area contributed by atoms with E-state index >= 15 is 0 Å². The summed E-state index contributed by atoms with van der Waals surface area (Å²) in [6, 6.07) is 3.28. The SMILES string of the molecule is Cc1cc(Br)cc([C@@H](N)CCO)c1O.Cl. The van der Waals surface area contributed by atoms with Crippen LogP contribution in [-0.2, 0) is 0 Å². The molecule has 4 N–H and O–H groups in total. The molecular weight excluding hydrogens is 281 g/mol. The molecule has 0 aliphatic heterocycles. The molecule has 3 nitrogen and oxygen atoms in total. The van der Waals surface area contributed by atoms with Gasteiger partial charge >= 0.3 is 0 Å². The second-order valence-electron chi connectivity index (χ2n) is 3.28. The lowest BCUT2D eigenvalue weighted by Gasteiger charge is -2.14. The van der Waals surface area contributed by atoms with Gasteiger partial charge in [-0.25, -0.2) is 0 Å². The van der Waals surface area contributed by atoms with Crippen molar-refractivity contribution in [3.05, 3.63) is 27.7 Å². The third kappa shape index (κ3) is 3.65. The van der Waals surface area contributed by atoms with Crippen molar-refractivity contribution in [2.24, 2.45) is 5.73 Å². The van der Waals surface area contributed by atoms with E-state index in [2.05, 4.69) is 15.9 Å². The van der Waals surface area contributed by atoms with Crippen molar-refractivity contribution in [1.82, 2.24) is 0 Å². The highest BCUT2D eigenvalue weighted by Crippen LogP contribution is 2.31. The van der Waals surface area contributed by atoms with Crippen LogP contribution in [0, 0.1) is 6.92 Å². The van der Waals surface area contributed by atoms with Gasteiger partial charge in [0.2, 0.25) is 0 Å². The lowest BCUT2D eigenvalue weighted by Crippen LogP contribution is -2.12. The number of aryl methyl sites for hydroxylation is 1. The minimum absolute atomic E-state index is 0. The number of aliphatic hydroxyl groups excluding tert-OH is 1. The van der Waals surface area contributed by atoms with E-state index in [0.29, 0.717) is 12.0 Å². The van der Waals surface area contributed by atoms with Crippen LogP contribution in [0.3, 0.4) is 0 Å². The smallest absolute Gasteiger partial charge is 0.123 e. The van der Waals surface area contributed by atoms with Gasteiger partial charge in [0.15, 0.2) is 0 Å². The summed E-state index contributed by atoms with van der Waals surface area (Å²) in [6.45, 7) is 1.83. The third-order valence-corrected chi connectivity index (χ3v) is 2.59. The Balaban J connectivity index is 0.00000196. The highest BCUT2D eigenvalue weighted by molar-refractivity contribution is 9.10. The third-order valence-electron chi connectivity index (χ3n) is 2.13. The van der Waals surface area contributed by atoms with Gasteiger partial charge in [-0.3, -0.25) is 0 Å². The van der Waals surface area contributed by atoms with Crippen molar-refractivity contribution < 1.29 is 10.2 Å². The largest absolute Gasteiger partial charge is 0.507 e. The molecule has 0 fully saturated rings. The van der Waals surface area contributed by atoms with Gasteiger partial charge in [0.1, 0.15) is 5.75 Å². The number of phenolic OH excluding ortho intramolecular Hbond substituents is 1. The van der Waals surface area contributed by atoms with E-state index in [1.54, 1.807) is 6.07 Å². The van der Waals surface area contributed by atoms with Crippen LogP contribution < -0.4 is 5.73 Å². The molecule has 0 unspecified atom stereocenters. The van der Waals surface area contributed by atoms with Crippen molar-refractivity contribution in [2.75, 3.05) is 6.61 Å². The van der Waals surface area contributed by atoms with E-state index in [1.807, 2.05) is 13.0 Å². The second kappa shape index (κ2) is 6.33. The minimum Gasteiger partial charge on any atom is -0.507 e. The molecule has 0 aromatic heterocycles. The fourth-order valence-electron chi connectivity index (χ4n) is 1.34. The van der Waals surface area contributed by atoms with Crippen molar-refractivity contribution in [2.45, 2.75) is 19.4 Å². The Morgan fingerprint density at radius 2 is 2.07 bits per heavy atom. The van der Waals surface area contributed by atoms with E-state index in [-0.39, 0.29) is 30.8 Å². The maximum atomic E-state index is 9.74. The number of phenols is 1. The molecule has 0 saturated carbocycles. The Hall–Kier alpha value is -0.290. The number of nitrogens with two attached hydrogens (primary N) is 1. The molecule has 1 rings (SSSR count). The number of rotatable bonds is 3. The molecule has 5 heteroatoms. The first-order chi connectivity index (χ1) is 6.56. The van der Waals surface area contributed by atoms with Crippen LogP contribution in [0.5, 0.6) is 5.75 Å². The van der Waals surface area contributed by atoms with Crippen LogP contribution in [0.1, 0.15) is 23.6 Å². The highest BCUT2D eigenvalue weighted by atomic mass is 79.9. The zero-order chi connectivity index (χ0) is 10.7. The topological polar surface area (TPSA) is 66.5 Å². The number of benzene rings is 1. The van der Waals surface area contributed by atoms with Crippen LogP contribution in [0.2, 0.25) is 0 Å². The molecule has 86 valence electrons. The summed E-state index contributed by atoms with van der Waals surface area (Å²) >= 11 is 3.34. The summed E-state index contributed by atoms with van der Waals surface area (Å²) in [5.74, 6) is 0.217. The summed E-state index contributed by atoms with van der Waals surface area (Å²) in [4.78, 5) is 0. The zero-order valence-electron chi connectivity index (χ0n) is 8.40. The van der Waals surface area contributed by atoms with E-state index in [1.165, 1.54) is 0 Å². The van der Waals surface area contributed by atoms with Gasteiger partial charge in [0, 0.05) is 22.7 Å². The molecule has 0 saturated heterocycles. The summed E-state index contributed by atoms with van der Waals surface area (Å²) in [5, 5.41) is 18.5. The normalized spacial score (nSPS) is 12.0. The second-order valence-corrected chi connectivity index (χ2v) is 4.19. The van der Waals surface area contributed by atoms with Crippen molar-refractivity contribution in [1.29, 1.82) is 0 Å². The molecule has 0 heterocycles. The first-order valence-electron chi connectivity index (χ1n) is 4.41. The molecule has 1 aromatic carbocycles. The zero-order valence-corrected chi connectivity index (χ0v) is 10.8. The van der Waals surface area contributed by atoms with E-state index in [4.69, 9.17) is 10.8 Å². The average molecular weight is 297 g/mol. The highest BCUT2D eigenvalue weighted by Gasteiger charge is 2.12. The van der Waals surface area contributed by atoms with Crippen molar-refractivity contribution in [3.8, 4) is 5.75 Å². The molecule has 1 aromatic rings. The summed E-state index contributed by atoms with van der Waals surface area (Å²) < 4.78 is 0.885. The first-order valence-corrected chi connectivity index (χ1v) is 5.21. The van der Waals surface area contributed by atoms with Gasteiger partial charge < -0.3 is 15.9 Å². The summed E-state index contributed by atoms with van der Waals surface area (Å²) in [7, 11) is 0. The molecule has 0 amide bonds. The fraction of sp³-hybridized carbons (Fsp3) is 0.400. The van der Waals surface area contributed by atoms with Gasteiger partial charge in [-0.1, -0.05) is 15.9 Å². The number of aliphatic hydroxyl groups is 1. The van der Waals surface area contributed by atoms with E-state index in [9.17, 15) is 5.11 Å². The first kappa shape index (κ1) is 14.7. The minimum atomic E-state index is -0.323. The average Bonchev–Trinajstić information content (AvgIpc) is 2.11. The van der Waals surface area contributed by atoms with Gasteiger partial charge in [0.05, 0.1) is 0 Å². The maximum absolute atomic E-state index is 9.74. The van der Waals surface area contributed by atoms with Crippen LogP contribution >= 0.6 is 28.3 Å². The molecule has 0 aliphatic carbocycles. The van der Waals surface area contributed by atoms with Gasteiger partial charge in [-0.15, -0.1) is 12.4 Å². The molecule has 1 atom stereocenters. The van der Waals surface area contributed by atoms with E-state index in [0.717, 1.165) is 10.0 Å².